The van der Waals surface area contributed by atoms with Gasteiger partial charge < -0.3 is 0 Å². The summed E-state index contributed by atoms with van der Waals surface area (Å²) in [6.07, 6.45) is 3.24. The zero-order chi connectivity index (χ0) is 13.5. The lowest BCUT2D eigenvalue weighted by molar-refractivity contribution is 0.0982. The molecule has 2 rings (SSSR count). The quantitative estimate of drug-likeness (QED) is 0.439. The molecule has 0 atom stereocenters. The first kappa shape index (κ1) is 14.3. The van der Waals surface area contributed by atoms with Crippen LogP contribution in [0.5, 0.6) is 0 Å². The molecule has 19 heavy (non-hydrogen) atoms. The summed E-state index contributed by atoms with van der Waals surface area (Å²) in [7, 11) is 0. The van der Waals surface area contributed by atoms with Crippen LogP contribution in [0.25, 0.3) is 0 Å². The van der Waals surface area contributed by atoms with Crippen molar-refractivity contribution in [2.75, 3.05) is 5.75 Å². The van der Waals surface area contributed by atoms with Crippen molar-refractivity contribution in [3.8, 4) is 0 Å². The number of pyridine rings is 1. The van der Waals surface area contributed by atoms with E-state index in [1.807, 2.05) is 42.5 Å². The average Bonchev–Trinajstić information content (AvgIpc) is 2.45. The Labute approximate surface area is 125 Å². The summed E-state index contributed by atoms with van der Waals surface area (Å²) >= 11 is 5.05. The van der Waals surface area contributed by atoms with E-state index >= 15 is 0 Å². The minimum absolute atomic E-state index is 0.203. The summed E-state index contributed by atoms with van der Waals surface area (Å²) in [6, 6.07) is 13.4. The SMILES string of the molecule is O=C(CCCSc1ccccn1)c1ccc(Br)cc1. The van der Waals surface area contributed by atoms with Crippen molar-refractivity contribution >= 4 is 33.5 Å². The Morgan fingerprint density at radius 2 is 1.95 bits per heavy atom. The largest absolute Gasteiger partial charge is 0.294 e. The fraction of sp³-hybridized carbons (Fsp3) is 0.200. The molecule has 1 heterocycles. The van der Waals surface area contributed by atoms with Gasteiger partial charge in [0.25, 0.3) is 0 Å². The molecule has 0 spiro atoms. The van der Waals surface area contributed by atoms with Crippen LogP contribution in [0.2, 0.25) is 0 Å². The number of rotatable bonds is 6. The van der Waals surface area contributed by atoms with Crippen molar-refractivity contribution in [1.82, 2.24) is 4.98 Å². The highest BCUT2D eigenvalue weighted by Gasteiger charge is 2.05. The number of benzene rings is 1. The molecule has 1 aromatic heterocycles. The number of thioether (sulfide) groups is 1. The molecule has 0 saturated carbocycles. The van der Waals surface area contributed by atoms with Gasteiger partial charge in [0.2, 0.25) is 0 Å². The predicted octanol–water partition coefficient (Wildman–Crippen LogP) is 4.60. The van der Waals surface area contributed by atoms with E-state index in [1.165, 1.54) is 0 Å². The molecule has 0 unspecified atom stereocenters. The Balaban J connectivity index is 1.74. The number of hydrogen-bond donors (Lipinski definition) is 0. The normalized spacial score (nSPS) is 10.4. The molecule has 0 amide bonds. The third-order valence-corrected chi connectivity index (χ3v) is 4.16. The van der Waals surface area contributed by atoms with Gasteiger partial charge in [-0.1, -0.05) is 34.1 Å². The van der Waals surface area contributed by atoms with E-state index < -0.39 is 0 Å². The number of Topliss-reactive ketones (excluding diaryl/α,β-unsaturated/α-hetero) is 1. The first-order chi connectivity index (χ1) is 9.25. The molecule has 0 aliphatic heterocycles. The van der Waals surface area contributed by atoms with Crippen molar-refractivity contribution in [3.63, 3.8) is 0 Å². The fourth-order valence-electron chi connectivity index (χ4n) is 1.62. The van der Waals surface area contributed by atoms with Gasteiger partial charge in [-0.05, 0) is 36.4 Å². The molecule has 0 bridgehead atoms. The van der Waals surface area contributed by atoms with E-state index in [0.29, 0.717) is 6.42 Å². The number of halogens is 1. The molecule has 1 aromatic carbocycles. The lowest BCUT2D eigenvalue weighted by atomic mass is 10.1. The van der Waals surface area contributed by atoms with Gasteiger partial charge in [-0.25, -0.2) is 4.98 Å². The molecule has 98 valence electrons. The lowest BCUT2D eigenvalue weighted by Crippen LogP contribution is -1.99. The van der Waals surface area contributed by atoms with Crippen molar-refractivity contribution in [3.05, 3.63) is 58.7 Å². The summed E-state index contributed by atoms with van der Waals surface area (Å²) in [5, 5.41) is 1.01. The summed E-state index contributed by atoms with van der Waals surface area (Å²) in [5.41, 5.74) is 0.783. The van der Waals surface area contributed by atoms with Crippen molar-refractivity contribution < 1.29 is 4.79 Å². The highest BCUT2D eigenvalue weighted by molar-refractivity contribution is 9.10. The first-order valence-corrected chi connectivity index (χ1v) is 7.86. The van der Waals surface area contributed by atoms with Crippen LogP contribution in [0.1, 0.15) is 23.2 Å². The molecule has 0 aliphatic rings. The molecule has 4 heteroatoms. The molecular weight excluding hydrogens is 322 g/mol. The van der Waals surface area contributed by atoms with Crippen LogP contribution in [-0.4, -0.2) is 16.5 Å². The molecule has 0 saturated heterocycles. The van der Waals surface area contributed by atoms with Crippen LogP contribution >= 0.6 is 27.7 Å². The first-order valence-electron chi connectivity index (χ1n) is 6.08. The molecule has 0 aliphatic carbocycles. The van der Waals surface area contributed by atoms with Crippen LogP contribution in [-0.2, 0) is 0 Å². The maximum atomic E-state index is 11.9. The topological polar surface area (TPSA) is 30.0 Å². The van der Waals surface area contributed by atoms with E-state index in [4.69, 9.17) is 0 Å². The second-order valence-electron chi connectivity index (χ2n) is 4.05. The van der Waals surface area contributed by atoms with Crippen LogP contribution in [0.4, 0.5) is 0 Å². The molecule has 0 radical (unpaired) electrons. The zero-order valence-electron chi connectivity index (χ0n) is 10.4. The van der Waals surface area contributed by atoms with E-state index in [0.717, 1.165) is 27.2 Å². The van der Waals surface area contributed by atoms with Gasteiger partial charge in [-0.15, -0.1) is 11.8 Å². The molecule has 2 aromatic rings. The van der Waals surface area contributed by atoms with Crippen LogP contribution in [0.15, 0.2) is 58.2 Å². The van der Waals surface area contributed by atoms with Gasteiger partial charge in [0.15, 0.2) is 5.78 Å². The minimum atomic E-state index is 0.203. The zero-order valence-corrected chi connectivity index (χ0v) is 12.8. The summed E-state index contributed by atoms with van der Waals surface area (Å²) < 4.78 is 0.995. The van der Waals surface area contributed by atoms with Crippen molar-refractivity contribution in [1.29, 1.82) is 0 Å². The number of aromatic nitrogens is 1. The van der Waals surface area contributed by atoms with E-state index in [1.54, 1.807) is 18.0 Å². The highest BCUT2D eigenvalue weighted by atomic mass is 79.9. The summed E-state index contributed by atoms with van der Waals surface area (Å²) in [5.74, 6) is 1.12. The van der Waals surface area contributed by atoms with Gasteiger partial charge in [-0.3, -0.25) is 4.79 Å². The smallest absolute Gasteiger partial charge is 0.162 e. The Morgan fingerprint density at radius 1 is 1.16 bits per heavy atom. The Morgan fingerprint density at radius 3 is 2.63 bits per heavy atom. The predicted molar refractivity (Wildman–Crippen MR) is 82.7 cm³/mol. The van der Waals surface area contributed by atoms with E-state index in [-0.39, 0.29) is 5.78 Å². The fourth-order valence-corrected chi connectivity index (χ4v) is 2.69. The maximum absolute atomic E-state index is 11.9. The third-order valence-electron chi connectivity index (χ3n) is 2.60. The van der Waals surface area contributed by atoms with Crippen LogP contribution in [0.3, 0.4) is 0 Å². The average molecular weight is 336 g/mol. The Kier molecular flexibility index (Phi) is 5.61. The van der Waals surface area contributed by atoms with Gasteiger partial charge in [-0.2, -0.15) is 0 Å². The number of ketones is 1. The summed E-state index contributed by atoms with van der Waals surface area (Å²) in [6.45, 7) is 0. The standard InChI is InChI=1S/C15H14BrNOS/c16-13-8-6-12(7-9-13)14(18)4-3-11-19-15-5-1-2-10-17-15/h1-2,5-10H,3-4,11H2. The highest BCUT2D eigenvalue weighted by Crippen LogP contribution is 2.17. The van der Waals surface area contributed by atoms with Gasteiger partial charge in [0.1, 0.15) is 0 Å². The molecule has 2 nitrogen and oxygen atoms in total. The van der Waals surface area contributed by atoms with Crippen LogP contribution in [0, 0.1) is 0 Å². The second-order valence-corrected chi connectivity index (χ2v) is 6.08. The van der Waals surface area contributed by atoms with Crippen molar-refractivity contribution in [2.45, 2.75) is 17.9 Å². The number of carbonyl (C=O) groups is 1. The minimum Gasteiger partial charge on any atom is -0.294 e. The Hall–Kier alpha value is -1.13. The number of nitrogens with zero attached hydrogens (tertiary/aromatic N) is 1. The van der Waals surface area contributed by atoms with Crippen LogP contribution < -0.4 is 0 Å². The third kappa shape index (κ3) is 4.80. The van der Waals surface area contributed by atoms with Gasteiger partial charge in [0.05, 0.1) is 5.03 Å². The number of carbonyl (C=O) groups excluding carboxylic acids is 1. The molecular formula is C15H14BrNOS. The Bertz CT molecular complexity index is 528. The molecule has 0 fully saturated rings. The van der Waals surface area contributed by atoms with Gasteiger partial charge >= 0.3 is 0 Å². The number of hydrogen-bond acceptors (Lipinski definition) is 3. The second kappa shape index (κ2) is 7.46. The van der Waals surface area contributed by atoms with E-state index in [9.17, 15) is 4.79 Å². The van der Waals surface area contributed by atoms with E-state index in [2.05, 4.69) is 20.9 Å². The van der Waals surface area contributed by atoms with Gasteiger partial charge in [0, 0.05) is 22.7 Å². The summed E-state index contributed by atoms with van der Waals surface area (Å²) in [4.78, 5) is 16.2. The lowest BCUT2D eigenvalue weighted by Gasteiger charge is -2.02. The molecule has 0 N–H and O–H groups in total. The monoisotopic (exact) mass is 335 g/mol. The maximum Gasteiger partial charge on any atom is 0.162 e. The van der Waals surface area contributed by atoms with Crippen molar-refractivity contribution in [2.24, 2.45) is 0 Å².